The van der Waals surface area contributed by atoms with E-state index in [2.05, 4.69) is 12.2 Å². The first-order valence-corrected chi connectivity index (χ1v) is 8.38. The normalized spacial score (nSPS) is 10.1. The van der Waals surface area contributed by atoms with Gasteiger partial charge in [0.05, 0.1) is 27.9 Å². The molecule has 7 heteroatoms. The zero-order valence-electron chi connectivity index (χ0n) is 15.7. The number of nitrogens with one attached hydrogen (secondary N) is 1. The third kappa shape index (κ3) is 5.55. The van der Waals surface area contributed by atoms with Crippen molar-refractivity contribution in [2.24, 2.45) is 0 Å². The lowest BCUT2D eigenvalue weighted by Gasteiger charge is -2.21. The summed E-state index contributed by atoms with van der Waals surface area (Å²) in [6.45, 7) is 5.27. The van der Waals surface area contributed by atoms with E-state index < -0.39 is 0 Å². The maximum absolute atomic E-state index is 12.4. The molecule has 0 heterocycles. The van der Waals surface area contributed by atoms with Gasteiger partial charge in [-0.2, -0.15) is 0 Å². The van der Waals surface area contributed by atoms with Crippen LogP contribution in [0.15, 0.2) is 12.1 Å². The molecule has 0 fully saturated rings. The summed E-state index contributed by atoms with van der Waals surface area (Å²) in [5.41, 5.74) is 0.332. The van der Waals surface area contributed by atoms with Gasteiger partial charge in [-0.15, -0.1) is 0 Å². The predicted molar refractivity (Wildman–Crippen MR) is 95.6 cm³/mol. The Labute approximate surface area is 149 Å². The summed E-state index contributed by atoms with van der Waals surface area (Å²) in [5, 5.41) is 2.65. The number of rotatable bonds is 10. The van der Waals surface area contributed by atoms with E-state index in [4.69, 9.17) is 14.2 Å². The van der Waals surface area contributed by atoms with Crippen LogP contribution in [0.25, 0.3) is 0 Å². The number of amides is 2. The molecule has 0 aliphatic carbocycles. The summed E-state index contributed by atoms with van der Waals surface area (Å²) in [5.74, 6) is 0.707. The van der Waals surface area contributed by atoms with Gasteiger partial charge in [-0.05, 0) is 25.5 Å². The molecule has 2 amide bonds. The molecule has 0 unspecified atom stereocenters. The van der Waals surface area contributed by atoms with Crippen LogP contribution in [-0.4, -0.2) is 57.7 Å². The lowest BCUT2D eigenvalue weighted by Crippen LogP contribution is -2.40. The zero-order valence-corrected chi connectivity index (χ0v) is 15.7. The van der Waals surface area contributed by atoms with Gasteiger partial charge in [0, 0.05) is 18.7 Å². The second-order valence-corrected chi connectivity index (χ2v) is 5.42. The van der Waals surface area contributed by atoms with Crippen LogP contribution in [0.4, 0.5) is 0 Å². The van der Waals surface area contributed by atoms with Gasteiger partial charge in [0.1, 0.15) is 0 Å². The average molecular weight is 352 g/mol. The van der Waals surface area contributed by atoms with Crippen molar-refractivity contribution >= 4 is 11.8 Å². The number of carbonyl (C=O) groups excluding carboxylic acids is 2. The molecule has 7 nitrogen and oxygen atoms in total. The summed E-state index contributed by atoms with van der Waals surface area (Å²) >= 11 is 0. The van der Waals surface area contributed by atoms with E-state index in [-0.39, 0.29) is 18.4 Å². The van der Waals surface area contributed by atoms with Crippen LogP contribution >= 0.6 is 0 Å². The highest BCUT2D eigenvalue weighted by atomic mass is 16.5. The Bertz CT molecular complexity index is 564. The van der Waals surface area contributed by atoms with Crippen molar-refractivity contribution in [3.63, 3.8) is 0 Å². The molecule has 0 spiro atoms. The van der Waals surface area contributed by atoms with E-state index in [1.54, 1.807) is 17.0 Å². The molecule has 0 aliphatic heterocycles. The van der Waals surface area contributed by atoms with Gasteiger partial charge >= 0.3 is 0 Å². The third-order valence-corrected chi connectivity index (χ3v) is 3.84. The van der Waals surface area contributed by atoms with Crippen molar-refractivity contribution in [3.05, 3.63) is 17.7 Å². The third-order valence-electron chi connectivity index (χ3n) is 3.84. The standard InChI is InChI=1S/C18H28N2O5/c1-6-8-9-20(7-2)16(21)12-19-18(22)13-10-14(23-3)17(25-5)15(11-13)24-4/h10-11H,6-9,12H2,1-5H3,(H,19,22). The second kappa shape index (κ2) is 10.4. The number of unbranched alkanes of at least 4 members (excludes halogenated alkanes) is 1. The number of benzene rings is 1. The Morgan fingerprint density at radius 1 is 1.04 bits per heavy atom. The van der Waals surface area contributed by atoms with Gasteiger partial charge in [-0.3, -0.25) is 9.59 Å². The van der Waals surface area contributed by atoms with Crippen molar-refractivity contribution in [2.75, 3.05) is 41.0 Å². The van der Waals surface area contributed by atoms with E-state index >= 15 is 0 Å². The molecular weight excluding hydrogens is 324 g/mol. The van der Waals surface area contributed by atoms with E-state index in [1.807, 2.05) is 6.92 Å². The lowest BCUT2D eigenvalue weighted by molar-refractivity contribution is -0.130. The van der Waals surface area contributed by atoms with E-state index in [0.29, 0.717) is 35.9 Å². The Hall–Kier alpha value is -2.44. The smallest absolute Gasteiger partial charge is 0.251 e. The highest BCUT2D eigenvalue weighted by molar-refractivity contribution is 5.97. The number of hydrogen-bond donors (Lipinski definition) is 1. The van der Waals surface area contributed by atoms with Crippen LogP contribution in [0.1, 0.15) is 37.0 Å². The van der Waals surface area contributed by atoms with Crippen molar-refractivity contribution in [2.45, 2.75) is 26.7 Å². The summed E-state index contributed by atoms with van der Waals surface area (Å²) in [6, 6.07) is 3.10. The fourth-order valence-corrected chi connectivity index (χ4v) is 2.39. The Kier molecular flexibility index (Phi) is 8.60. The fourth-order valence-electron chi connectivity index (χ4n) is 2.39. The molecule has 0 saturated heterocycles. The van der Waals surface area contributed by atoms with Crippen molar-refractivity contribution in [3.8, 4) is 17.2 Å². The SMILES string of the molecule is CCCCN(CC)C(=O)CNC(=O)c1cc(OC)c(OC)c(OC)c1. The number of ether oxygens (including phenoxy) is 3. The fraction of sp³-hybridized carbons (Fsp3) is 0.556. The first-order valence-electron chi connectivity index (χ1n) is 8.38. The van der Waals surface area contributed by atoms with E-state index in [0.717, 1.165) is 12.8 Å². The quantitative estimate of drug-likeness (QED) is 0.698. The van der Waals surface area contributed by atoms with Crippen LogP contribution < -0.4 is 19.5 Å². The Morgan fingerprint density at radius 2 is 1.64 bits per heavy atom. The predicted octanol–water partition coefficient (Wildman–Crippen LogP) is 2.09. The largest absolute Gasteiger partial charge is 0.493 e. The van der Waals surface area contributed by atoms with Crippen LogP contribution in [0, 0.1) is 0 Å². The Morgan fingerprint density at radius 3 is 2.08 bits per heavy atom. The molecule has 1 aromatic carbocycles. The van der Waals surface area contributed by atoms with Gasteiger partial charge in [0.15, 0.2) is 11.5 Å². The van der Waals surface area contributed by atoms with Crippen LogP contribution in [0.2, 0.25) is 0 Å². The molecule has 0 aliphatic rings. The maximum atomic E-state index is 12.4. The summed E-state index contributed by atoms with van der Waals surface area (Å²) in [7, 11) is 4.46. The van der Waals surface area contributed by atoms with Crippen LogP contribution in [0.5, 0.6) is 17.2 Å². The molecule has 1 N–H and O–H groups in total. The average Bonchev–Trinajstić information content (AvgIpc) is 2.65. The highest BCUT2D eigenvalue weighted by Gasteiger charge is 2.18. The molecular formula is C18H28N2O5. The van der Waals surface area contributed by atoms with E-state index in [9.17, 15) is 9.59 Å². The lowest BCUT2D eigenvalue weighted by atomic mass is 10.1. The number of carbonyl (C=O) groups is 2. The molecule has 25 heavy (non-hydrogen) atoms. The van der Waals surface area contributed by atoms with Crippen LogP contribution in [0.3, 0.4) is 0 Å². The van der Waals surface area contributed by atoms with Gasteiger partial charge in [0.25, 0.3) is 5.91 Å². The molecule has 1 rings (SSSR count). The number of hydrogen-bond acceptors (Lipinski definition) is 5. The minimum atomic E-state index is -0.376. The molecule has 140 valence electrons. The zero-order chi connectivity index (χ0) is 18.8. The van der Waals surface area contributed by atoms with Crippen molar-refractivity contribution in [1.29, 1.82) is 0 Å². The molecule has 0 saturated carbocycles. The molecule has 0 aromatic heterocycles. The second-order valence-electron chi connectivity index (χ2n) is 5.42. The summed E-state index contributed by atoms with van der Waals surface area (Å²) < 4.78 is 15.7. The van der Waals surface area contributed by atoms with Gasteiger partial charge in [0.2, 0.25) is 11.7 Å². The molecule has 1 aromatic rings. The number of methoxy groups -OCH3 is 3. The first kappa shape index (κ1) is 20.6. The topological polar surface area (TPSA) is 77.1 Å². The molecule has 0 radical (unpaired) electrons. The van der Waals surface area contributed by atoms with E-state index in [1.165, 1.54) is 21.3 Å². The minimum absolute atomic E-state index is 0.0486. The van der Waals surface area contributed by atoms with Crippen molar-refractivity contribution in [1.82, 2.24) is 10.2 Å². The minimum Gasteiger partial charge on any atom is -0.493 e. The van der Waals surface area contributed by atoms with Gasteiger partial charge in [-0.25, -0.2) is 0 Å². The Balaban J connectivity index is 2.82. The maximum Gasteiger partial charge on any atom is 0.251 e. The van der Waals surface area contributed by atoms with Gasteiger partial charge < -0.3 is 24.4 Å². The number of likely N-dealkylation sites (N-methyl/N-ethyl adjacent to an activating group) is 1. The monoisotopic (exact) mass is 352 g/mol. The van der Waals surface area contributed by atoms with Gasteiger partial charge in [-0.1, -0.05) is 13.3 Å². The molecule has 0 bridgehead atoms. The van der Waals surface area contributed by atoms with Crippen LogP contribution in [-0.2, 0) is 4.79 Å². The summed E-state index contributed by atoms with van der Waals surface area (Å²) in [4.78, 5) is 26.3. The number of nitrogens with zero attached hydrogens (tertiary/aromatic N) is 1. The first-order chi connectivity index (χ1) is 12.0. The van der Waals surface area contributed by atoms with Crippen molar-refractivity contribution < 1.29 is 23.8 Å². The summed E-state index contributed by atoms with van der Waals surface area (Å²) in [6.07, 6.45) is 1.96. The molecule has 0 atom stereocenters. The highest BCUT2D eigenvalue weighted by Crippen LogP contribution is 2.38.